The Morgan fingerprint density at radius 3 is 2.42 bits per heavy atom. The molecule has 106 valence electrons. The maximum Gasteiger partial charge on any atom is 0.234 e. The predicted molar refractivity (Wildman–Crippen MR) is 75.4 cm³/mol. The predicted octanol–water partition coefficient (Wildman–Crippen LogP) is 2.12. The van der Waals surface area contributed by atoms with Gasteiger partial charge in [-0.25, -0.2) is 4.39 Å². The van der Waals surface area contributed by atoms with Crippen molar-refractivity contribution < 1.29 is 9.18 Å². The Balaban J connectivity index is 2.17. The van der Waals surface area contributed by atoms with E-state index in [0.717, 1.165) is 12.0 Å². The Morgan fingerprint density at radius 2 is 1.84 bits per heavy atom. The van der Waals surface area contributed by atoms with Crippen LogP contribution in [0.1, 0.15) is 26.3 Å². The Morgan fingerprint density at radius 1 is 1.21 bits per heavy atom. The molecule has 1 atom stereocenters. The normalized spacial score (nSPS) is 12.5. The van der Waals surface area contributed by atoms with E-state index in [4.69, 9.17) is 0 Å². The van der Waals surface area contributed by atoms with Gasteiger partial charge in [0.15, 0.2) is 0 Å². The summed E-state index contributed by atoms with van der Waals surface area (Å²) in [6, 6.07) is 6.61. The Hall–Kier alpha value is -1.42. The first-order valence-electron chi connectivity index (χ1n) is 6.73. The maximum absolute atomic E-state index is 12.7. The van der Waals surface area contributed by atoms with Crippen LogP contribution in [0.2, 0.25) is 0 Å². The average Bonchev–Trinajstić information content (AvgIpc) is 2.36. The lowest BCUT2D eigenvalue weighted by molar-refractivity contribution is -0.121. The van der Waals surface area contributed by atoms with E-state index < -0.39 is 0 Å². The molecular weight excluding hydrogens is 243 g/mol. The van der Waals surface area contributed by atoms with Gasteiger partial charge >= 0.3 is 0 Å². The van der Waals surface area contributed by atoms with E-state index in [2.05, 4.69) is 24.5 Å². The van der Waals surface area contributed by atoms with Gasteiger partial charge in [-0.05, 0) is 43.5 Å². The van der Waals surface area contributed by atoms with Gasteiger partial charge in [-0.3, -0.25) is 4.79 Å². The summed E-state index contributed by atoms with van der Waals surface area (Å²) in [5.41, 5.74) is 1.06. The molecular formula is C15H23FN2O. The number of carbonyl (C=O) groups is 1. The van der Waals surface area contributed by atoms with Gasteiger partial charge in [-0.1, -0.05) is 26.0 Å². The molecule has 0 saturated heterocycles. The first-order chi connectivity index (χ1) is 8.99. The summed E-state index contributed by atoms with van der Waals surface area (Å²) in [6.07, 6.45) is 0.785. The molecule has 0 bridgehead atoms. The van der Waals surface area contributed by atoms with E-state index in [1.807, 2.05) is 6.92 Å². The third kappa shape index (κ3) is 6.34. The molecule has 1 amide bonds. The molecule has 0 spiro atoms. The number of hydrogen-bond acceptors (Lipinski definition) is 2. The zero-order chi connectivity index (χ0) is 14.3. The molecule has 0 fully saturated rings. The second-order valence-corrected chi connectivity index (χ2v) is 5.15. The first kappa shape index (κ1) is 15.6. The highest BCUT2D eigenvalue weighted by atomic mass is 19.1. The molecule has 0 aliphatic heterocycles. The summed E-state index contributed by atoms with van der Waals surface area (Å²) in [6.45, 7) is 7.17. The van der Waals surface area contributed by atoms with Crippen LogP contribution in [-0.2, 0) is 11.2 Å². The van der Waals surface area contributed by atoms with Crippen LogP contribution >= 0.6 is 0 Å². The summed E-state index contributed by atoms with van der Waals surface area (Å²) in [4.78, 5) is 11.6. The van der Waals surface area contributed by atoms with Crippen molar-refractivity contribution in [3.63, 3.8) is 0 Å². The monoisotopic (exact) mass is 266 g/mol. The standard InChI is InChI=1S/C15H23FN2O/c1-11(2)12(3)18-15(19)10-17-9-8-13-4-6-14(16)7-5-13/h4-7,11-12,17H,8-10H2,1-3H3,(H,18,19). The molecule has 2 N–H and O–H groups in total. The number of rotatable bonds is 7. The van der Waals surface area contributed by atoms with Crippen LogP contribution in [0.4, 0.5) is 4.39 Å². The number of carbonyl (C=O) groups excluding carboxylic acids is 1. The van der Waals surface area contributed by atoms with E-state index in [1.165, 1.54) is 12.1 Å². The summed E-state index contributed by atoms with van der Waals surface area (Å²) >= 11 is 0. The fourth-order valence-electron chi connectivity index (χ4n) is 1.56. The van der Waals surface area contributed by atoms with Crippen LogP contribution < -0.4 is 10.6 Å². The van der Waals surface area contributed by atoms with Gasteiger partial charge in [-0.2, -0.15) is 0 Å². The Bertz CT molecular complexity index is 390. The lowest BCUT2D eigenvalue weighted by atomic mass is 10.1. The van der Waals surface area contributed by atoms with Crippen molar-refractivity contribution >= 4 is 5.91 Å². The second-order valence-electron chi connectivity index (χ2n) is 5.15. The lowest BCUT2D eigenvalue weighted by Crippen LogP contribution is -2.41. The zero-order valence-electron chi connectivity index (χ0n) is 11.9. The number of hydrogen-bond donors (Lipinski definition) is 2. The van der Waals surface area contributed by atoms with Gasteiger partial charge in [0.05, 0.1) is 6.54 Å². The number of nitrogens with one attached hydrogen (secondary N) is 2. The van der Waals surface area contributed by atoms with Gasteiger partial charge < -0.3 is 10.6 Å². The molecule has 0 aliphatic carbocycles. The van der Waals surface area contributed by atoms with Crippen molar-refractivity contribution in [3.8, 4) is 0 Å². The lowest BCUT2D eigenvalue weighted by Gasteiger charge is -2.17. The van der Waals surface area contributed by atoms with Crippen LogP contribution in [0.25, 0.3) is 0 Å². The van der Waals surface area contributed by atoms with Crippen LogP contribution in [0.15, 0.2) is 24.3 Å². The SMILES string of the molecule is CC(C)C(C)NC(=O)CNCCc1ccc(F)cc1. The molecule has 0 aromatic heterocycles. The Labute approximate surface area is 114 Å². The largest absolute Gasteiger partial charge is 0.352 e. The van der Waals surface area contributed by atoms with Gasteiger partial charge in [-0.15, -0.1) is 0 Å². The van der Waals surface area contributed by atoms with E-state index in [1.54, 1.807) is 12.1 Å². The molecule has 4 heteroatoms. The van der Waals surface area contributed by atoms with Gasteiger partial charge in [0.2, 0.25) is 5.91 Å². The van der Waals surface area contributed by atoms with Crippen molar-refractivity contribution in [2.45, 2.75) is 33.2 Å². The van der Waals surface area contributed by atoms with Gasteiger partial charge in [0, 0.05) is 6.04 Å². The van der Waals surface area contributed by atoms with Crippen molar-refractivity contribution in [3.05, 3.63) is 35.6 Å². The third-order valence-electron chi connectivity index (χ3n) is 3.18. The number of halogens is 1. The minimum atomic E-state index is -0.223. The van der Waals surface area contributed by atoms with Crippen molar-refractivity contribution in [2.24, 2.45) is 5.92 Å². The molecule has 0 saturated carbocycles. The highest BCUT2D eigenvalue weighted by molar-refractivity contribution is 5.78. The number of amides is 1. The average molecular weight is 266 g/mol. The van der Waals surface area contributed by atoms with E-state index >= 15 is 0 Å². The highest BCUT2D eigenvalue weighted by Gasteiger charge is 2.09. The quantitative estimate of drug-likeness (QED) is 0.742. The van der Waals surface area contributed by atoms with Gasteiger partial charge in [0.1, 0.15) is 5.82 Å². The van der Waals surface area contributed by atoms with Crippen molar-refractivity contribution in [1.29, 1.82) is 0 Å². The molecule has 1 unspecified atom stereocenters. The summed E-state index contributed by atoms with van der Waals surface area (Å²) in [7, 11) is 0. The number of benzene rings is 1. The van der Waals surface area contributed by atoms with Gasteiger partial charge in [0.25, 0.3) is 0 Å². The fourth-order valence-corrected chi connectivity index (χ4v) is 1.56. The van der Waals surface area contributed by atoms with Crippen LogP contribution in [-0.4, -0.2) is 25.0 Å². The second kappa shape index (κ2) is 7.89. The molecule has 0 radical (unpaired) electrons. The molecule has 3 nitrogen and oxygen atoms in total. The van der Waals surface area contributed by atoms with Crippen molar-refractivity contribution in [2.75, 3.05) is 13.1 Å². The van der Waals surface area contributed by atoms with E-state index in [9.17, 15) is 9.18 Å². The molecule has 1 aromatic rings. The molecule has 1 rings (SSSR count). The minimum absolute atomic E-state index is 0.0142. The molecule has 0 aliphatic rings. The summed E-state index contributed by atoms with van der Waals surface area (Å²) < 4.78 is 12.7. The van der Waals surface area contributed by atoms with Crippen LogP contribution in [0.3, 0.4) is 0 Å². The maximum atomic E-state index is 12.7. The summed E-state index contributed by atoms with van der Waals surface area (Å²) in [5, 5.41) is 6.02. The molecule has 0 heterocycles. The van der Waals surface area contributed by atoms with E-state index in [-0.39, 0.29) is 17.8 Å². The molecule has 1 aromatic carbocycles. The highest BCUT2D eigenvalue weighted by Crippen LogP contribution is 2.02. The smallest absolute Gasteiger partial charge is 0.234 e. The van der Waals surface area contributed by atoms with Crippen LogP contribution in [0, 0.1) is 11.7 Å². The first-order valence-corrected chi connectivity index (χ1v) is 6.73. The molecule has 19 heavy (non-hydrogen) atoms. The van der Waals surface area contributed by atoms with Crippen molar-refractivity contribution in [1.82, 2.24) is 10.6 Å². The fraction of sp³-hybridized carbons (Fsp3) is 0.533. The topological polar surface area (TPSA) is 41.1 Å². The summed E-state index contributed by atoms with van der Waals surface area (Å²) in [5.74, 6) is 0.224. The Kier molecular flexibility index (Phi) is 6.50. The zero-order valence-corrected chi connectivity index (χ0v) is 11.9. The minimum Gasteiger partial charge on any atom is -0.352 e. The third-order valence-corrected chi connectivity index (χ3v) is 3.18. The van der Waals surface area contributed by atoms with Crippen LogP contribution in [0.5, 0.6) is 0 Å². The van der Waals surface area contributed by atoms with E-state index in [0.29, 0.717) is 19.0 Å².